The predicted octanol–water partition coefficient (Wildman–Crippen LogP) is 4.01. The van der Waals surface area contributed by atoms with Crippen LogP contribution in [0, 0.1) is 12.8 Å². The van der Waals surface area contributed by atoms with Crippen molar-refractivity contribution < 1.29 is 0 Å². The van der Waals surface area contributed by atoms with Gasteiger partial charge in [0.25, 0.3) is 0 Å². The smallest absolute Gasteiger partial charge is 0.0335 e. The highest BCUT2D eigenvalue weighted by Gasteiger charge is 2.18. The standard InChI is InChI=1S/C16H26N2/c1-13-9-15(12-18-11-13)16(17-2)10-14-7-5-3-4-6-8-14/h9,11-12,14,16-17H,3-8,10H2,1-2H3. The van der Waals surface area contributed by atoms with Crippen molar-refractivity contribution in [3.05, 3.63) is 29.6 Å². The number of pyridine rings is 1. The Kier molecular flexibility index (Phi) is 5.18. The minimum absolute atomic E-state index is 0.473. The van der Waals surface area contributed by atoms with E-state index in [2.05, 4.69) is 30.3 Å². The van der Waals surface area contributed by atoms with Gasteiger partial charge in [0.05, 0.1) is 0 Å². The molecule has 1 unspecified atom stereocenters. The summed E-state index contributed by atoms with van der Waals surface area (Å²) in [6, 6.07) is 2.74. The molecule has 18 heavy (non-hydrogen) atoms. The summed E-state index contributed by atoms with van der Waals surface area (Å²) in [5.41, 5.74) is 2.61. The average molecular weight is 246 g/mol. The van der Waals surface area contributed by atoms with E-state index in [9.17, 15) is 0 Å². The highest BCUT2D eigenvalue weighted by atomic mass is 14.9. The molecule has 2 nitrogen and oxygen atoms in total. The lowest BCUT2D eigenvalue weighted by Crippen LogP contribution is -2.20. The van der Waals surface area contributed by atoms with Gasteiger partial charge in [-0.3, -0.25) is 4.98 Å². The van der Waals surface area contributed by atoms with Crippen LogP contribution in [0.1, 0.15) is 62.1 Å². The van der Waals surface area contributed by atoms with Gasteiger partial charge in [0.1, 0.15) is 0 Å². The Morgan fingerprint density at radius 1 is 1.22 bits per heavy atom. The molecule has 0 amide bonds. The molecule has 1 N–H and O–H groups in total. The normalized spacial score (nSPS) is 19.4. The van der Waals surface area contributed by atoms with Crippen molar-refractivity contribution in [3.63, 3.8) is 0 Å². The van der Waals surface area contributed by atoms with Crippen LogP contribution in [0.25, 0.3) is 0 Å². The van der Waals surface area contributed by atoms with Crippen molar-refractivity contribution in [1.82, 2.24) is 10.3 Å². The third kappa shape index (κ3) is 3.81. The second kappa shape index (κ2) is 6.89. The molecule has 2 heteroatoms. The zero-order valence-corrected chi connectivity index (χ0v) is 11.8. The van der Waals surface area contributed by atoms with Crippen LogP contribution in [-0.2, 0) is 0 Å². The Bertz CT molecular complexity index is 354. The van der Waals surface area contributed by atoms with Crippen LogP contribution in [0.2, 0.25) is 0 Å². The van der Waals surface area contributed by atoms with Gasteiger partial charge in [0, 0.05) is 18.4 Å². The van der Waals surface area contributed by atoms with Gasteiger partial charge in [0.15, 0.2) is 0 Å². The van der Waals surface area contributed by atoms with E-state index < -0.39 is 0 Å². The van der Waals surface area contributed by atoms with Crippen LogP contribution < -0.4 is 5.32 Å². The molecular formula is C16H26N2. The lowest BCUT2D eigenvalue weighted by Gasteiger charge is -2.22. The number of rotatable bonds is 4. The van der Waals surface area contributed by atoms with E-state index in [0.717, 1.165) is 5.92 Å². The van der Waals surface area contributed by atoms with Crippen molar-refractivity contribution in [2.24, 2.45) is 5.92 Å². The second-order valence-corrected chi connectivity index (χ2v) is 5.73. The summed E-state index contributed by atoms with van der Waals surface area (Å²) in [4.78, 5) is 4.32. The maximum atomic E-state index is 4.32. The maximum absolute atomic E-state index is 4.32. The van der Waals surface area contributed by atoms with Gasteiger partial charge in [-0.2, -0.15) is 0 Å². The summed E-state index contributed by atoms with van der Waals surface area (Å²) in [5.74, 6) is 0.894. The SMILES string of the molecule is CNC(CC1CCCCCC1)c1cncc(C)c1. The maximum Gasteiger partial charge on any atom is 0.0335 e. The van der Waals surface area contributed by atoms with Crippen molar-refractivity contribution >= 4 is 0 Å². The molecule has 1 aliphatic carbocycles. The van der Waals surface area contributed by atoms with E-state index in [1.807, 2.05) is 12.4 Å². The van der Waals surface area contributed by atoms with Crippen molar-refractivity contribution in [1.29, 1.82) is 0 Å². The highest BCUT2D eigenvalue weighted by Crippen LogP contribution is 2.30. The fraction of sp³-hybridized carbons (Fsp3) is 0.688. The number of nitrogens with one attached hydrogen (secondary N) is 1. The summed E-state index contributed by atoms with van der Waals surface area (Å²) in [7, 11) is 2.07. The summed E-state index contributed by atoms with van der Waals surface area (Å²) in [5, 5.41) is 3.47. The number of nitrogens with zero attached hydrogens (tertiary/aromatic N) is 1. The third-order valence-corrected chi connectivity index (χ3v) is 4.19. The molecule has 0 radical (unpaired) electrons. The van der Waals surface area contributed by atoms with Crippen molar-refractivity contribution in [2.45, 2.75) is 57.9 Å². The lowest BCUT2D eigenvalue weighted by molar-refractivity contribution is 0.367. The molecule has 1 heterocycles. The average Bonchev–Trinajstić information content (AvgIpc) is 2.64. The first kappa shape index (κ1) is 13.5. The topological polar surface area (TPSA) is 24.9 Å². The summed E-state index contributed by atoms with van der Waals surface area (Å²) in [6.07, 6.45) is 13.8. The van der Waals surface area contributed by atoms with E-state index in [0.29, 0.717) is 6.04 Å². The zero-order chi connectivity index (χ0) is 12.8. The largest absolute Gasteiger partial charge is 0.313 e. The molecule has 1 aromatic heterocycles. The Morgan fingerprint density at radius 3 is 2.56 bits per heavy atom. The van der Waals surface area contributed by atoms with Crippen LogP contribution in [0.4, 0.5) is 0 Å². The fourth-order valence-corrected chi connectivity index (χ4v) is 3.12. The van der Waals surface area contributed by atoms with Crippen molar-refractivity contribution in [2.75, 3.05) is 7.05 Å². The number of hydrogen-bond donors (Lipinski definition) is 1. The molecule has 0 saturated heterocycles. The van der Waals surface area contributed by atoms with Gasteiger partial charge in [-0.25, -0.2) is 0 Å². The number of aromatic nitrogens is 1. The predicted molar refractivity (Wildman–Crippen MR) is 76.6 cm³/mol. The molecule has 1 atom stereocenters. The summed E-state index contributed by atoms with van der Waals surface area (Å²) in [6.45, 7) is 2.12. The molecule has 2 rings (SSSR count). The van der Waals surface area contributed by atoms with Crippen LogP contribution in [0.5, 0.6) is 0 Å². The van der Waals surface area contributed by atoms with Gasteiger partial charge in [0.2, 0.25) is 0 Å². The number of aryl methyl sites for hydroxylation is 1. The second-order valence-electron chi connectivity index (χ2n) is 5.73. The number of hydrogen-bond acceptors (Lipinski definition) is 2. The monoisotopic (exact) mass is 246 g/mol. The molecule has 1 fully saturated rings. The highest BCUT2D eigenvalue weighted by molar-refractivity contribution is 5.20. The van der Waals surface area contributed by atoms with E-state index in [-0.39, 0.29) is 0 Å². The van der Waals surface area contributed by atoms with Gasteiger partial charge in [-0.05, 0) is 37.4 Å². The molecule has 100 valence electrons. The van der Waals surface area contributed by atoms with Crippen LogP contribution in [0.3, 0.4) is 0 Å². The van der Waals surface area contributed by atoms with E-state index in [1.54, 1.807) is 0 Å². The summed E-state index contributed by atoms with van der Waals surface area (Å²) < 4.78 is 0. The molecule has 1 aliphatic rings. The quantitative estimate of drug-likeness (QED) is 0.812. The molecule has 0 bridgehead atoms. The van der Waals surface area contributed by atoms with Crippen LogP contribution >= 0.6 is 0 Å². The fourth-order valence-electron chi connectivity index (χ4n) is 3.12. The molecule has 0 aromatic carbocycles. The first-order valence-corrected chi connectivity index (χ1v) is 7.38. The first-order chi connectivity index (χ1) is 8.79. The Labute approximate surface area is 111 Å². The van der Waals surface area contributed by atoms with E-state index in [1.165, 1.54) is 56.1 Å². The molecule has 1 saturated carbocycles. The first-order valence-electron chi connectivity index (χ1n) is 7.38. The minimum atomic E-state index is 0.473. The molecule has 0 aliphatic heterocycles. The Morgan fingerprint density at radius 2 is 1.94 bits per heavy atom. The van der Waals surface area contributed by atoms with Gasteiger partial charge in [-0.15, -0.1) is 0 Å². The van der Waals surface area contributed by atoms with Gasteiger partial charge >= 0.3 is 0 Å². The zero-order valence-electron chi connectivity index (χ0n) is 11.8. The molecular weight excluding hydrogens is 220 g/mol. The Hall–Kier alpha value is -0.890. The van der Waals surface area contributed by atoms with Crippen molar-refractivity contribution in [3.8, 4) is 0 Å². The third-order valence-electron chi connectivity index (χ3n) is 4.19. The van der Waals surface area contributed by atoms with E-state index in [4.69, 9.17) is 0 Å². The minimum Gasteiger partial charge on any atom is -0.313 e. The van der Waals surface area contributed by atoms with Gasteiger partial charge < -0.3 is 5.32 Å². The molecule has 0 spiro atoms. The lowest BCUT2D eigenvalue weighted by atomic mass is 9.90. The summed E-state index contributed by atoms with van der Waals surface area (Å²) >= 11 is 0. The van der Waals surface area contributed by atoms with Crippen LogP contribution in [-0.4, -0.2) is 12.0 Å². The van der Waals surface area contributed by atoms with Crippen LogP contribution in [0.15, 0.2) is 18.5 Å². The molecule has 1 aromatic rings. The van der Waals surface area contributed by atoms with Gasteiger partial charge in [-0.1, -0.05) is 44.6 Å². The van der Waals surface area contributed by atoms with E-state index >= 15 is 0 Å². The Balaban J connectivity index is 1.99.